The first kappa shape index (κ1) is 22.8. The number of furan rings is 1. The van der Waals surface area contributed by atoms with Crippen LogP contribution in [0.5, 0.6) is 0 Å². The van der Waals surface area contributed by atoms with E-state index in [0.717, 1.165) is 12.8 Å². The Morgan fingerprint density at radius 2 is 1.67 bits per heavy atom. The summed E-state index contributed by atoms with van der Waals surface area (Å²) in [7, 11) is -3.79. The highest BCUT2D eigenvalue weighted by atomic mass is 32.2. The zero-order valence-corrected chi connectivity index (χ0v) is 18.7. The van der Waals surface area contributed by atoms with Crippen LogP contribution in [0.4, 0.5) is 0 Å². The molecule has 0 aliphatic carbocycles. The number of carbonyl (C=O) groups excluding carboxylic acids is 2. The molecule has 0 saturated carbocycles. The molecule has 33 heavy (non-hydrogen) atoms. The molecule has 1 unspecified atom stereocenters. The molecule has 1 saturated heterocycles. The third-order valence-corrected chi connectivity index (χ3v) is 6.80. The van der Waals surface area contributed by atoms with Crippen molar-refractivity contribution in [1.29, 1.82) is 0 Å². The van der Waals surface area contributed by atoms with Crippen LogP contribution in [-0.2, 0) is 26.1 Å². The largest absolute Gasteiger partial charge is 0.468 e. The standard InChI is InChI=1S/C24H24N2O6S/c27-23(26-14-4-5-15-26)22(18-7-2-1-3-8-18)32-24(28)19-10-12-21(13-11-19)33(29,30)25-17-20-9-6-16-31-20/h1-3,6-13,16,22,25H,4-5,14-15,17H2. The van der Waals surface area contributed by atoms with Gasteiger partial charge in [-0.25, -0.2) is 17.9 Å². The third-order valence-electron chi connectivity index (χ3n) is 5.39. The second-order valence-electron chi connectivity index (χ2n) is 7.66. The number of sulfonamides is 1. The Morgan fingerprint density at radius 3 is 2.30 bits per heavy atom. The van der Waals surface area contributed by atoms with Gasteiger partial charge in [0.25, 0.3) is 5.91 Å². The number of nitrogens with one attached hydrogen (secondary N) is 1. The molecule has 1 aromatic heterocycles. The van der Waals surface area contributed by atoms with Gasteiger partial charge in [0.15, 0.2) is 0 Å². The van der Waals surface area contributed by atoms with Crippen LogP contribution in [0, 0.1) is 0 Å². The Bertz CT molecular complexity index is 1190. The van der Waals surface area contributed by atoms with E-state index in [1.165, 1.54) is 30.5 Å². The maximum atomic E-state index is 13.0. The molecular formula is C24H24N2O6S. The Kier molecular flexibility index (Phi) is 6.90. The molecule has 9 heteroatoms. The zero-order valence-electron chi connectivity index (χ0n) is 17.8. The minimum atomic E-state index is -3.79. The fourth-order valence-corrected chi connectivity index (χ4v) is 4.59. The molecule has 1 aliphatic heterocycles. The fourth-order valence-electron chi connectivity index (χ4n) is 3.60. The average Bonchev–Trinajstić information content (AvgIpc) is 3.56. The number of ether oxygens (including phenoxy) is 1. The molecule has 0 bridgehead atoms. The van der Waals surface area contributed by atoms with Gasteiger partial charge in [0.2, 0.25) is 16.1 Å². The highest BCUT2D eigenvalue weighted by Crippen LogP contribution is 2.24. The maximum Gasteiger partial charge on any atom is 0.339 e. The van der Waals surface area contributed by atoms with E-state index in [1.54, 1.807) is 41.3 Å². The molecule has 1 aliphatic rings. The highest BCUT2D eigenvalue weighted by Gasteiger charge is 2.31. The number of nitrogens with zero attached hydrogens (tertiary/aromatic N) is 1. The summed E-state index contributed by atoms with van der Waals surface area (Å²) in [6.07, 6.45) is 2.24. The summed E-state index contributed by atoms with van der Waals surface area (Å²) >= 11 is 0. The SMILES string of the molecule is O=C(OC(C(=O)N1CCCC1)c1ccccc1)c1ccc(S(=O)(=O)NCc2ccco2)cc1. The second kappa shape index (κ2) is 10.0. The summed E-state index contributed by atoms with van der Waals surface area (Å²) in [4.78, 5) is 27.5. The van der Waals surface area contributed by atoms with E-state index >= 15 is 0 Å². The van der Waals surface area contributed by atoms with E-state index in [1.807, 2.05) is 6.07 Å². The van der Waals surface area contributed by atoms with Crippen molar-refractivity contribution in [2.75, 3.05) is 13.1 Å². The van der Waals surface area contributed by atoms with Gasteiger partial charge in [-0.15, -0.1) is 0 Å². The summed E-state index contributed by atoms with van der Waals surface area (Å²) in [5, 5.41) is 0. The number of benzene rings is 2. The van der Waals surface area contributed by atoms with Crippen LogP contribution in [-0.4, -0.2) is 38.3 Å². The summed E-state index contributed by atoms with van der Waals surface area (Å²) in [6.45, 7) is 1.28. The lowest BCUT2D eigenvalue weighted by Gasteiger charge is -2.23. The number of esters is 1. The Balaban J connectivity index is 1.47. The molecule has 1 N–H and O–H groups in total. The molecule has 0 spiro atoms. The number of carbonyl (C=O) groups is 2. The van der Waals surface area contributed by atoms with Crippen LogP contribution in [0.2, 0.25) is 0 Å². The monoisotopic (exact) mass is 468 g/mol. The van der Waals surface area contributed by atoms with Crippen molar-refractivity contribution in [3.05, 3.63) is 89.9 Å². The molecular weight excluding hydrogens is 444 g/mol. The minimum Gasteiger partial charge on any atom is -0.468 e. The fraction of sp³-hybridized carbons (Fsp3) is 0.250. The van der Waals surface area contributed by atoms with Crippen molar-refractivity contribution in [2.24, 2.45) is 0 Å². The topological polar surface area (TPSA) is 106 Å². The smallest absolute Gasteiger partial charge is 0.339 e. The molecule has 1 atom stereocenters. The van der Waals surface area contributed by atoms with E-state index in [4.69, 9.17) is 9.15 Å². The molecule has 1 fully saturated rings. The molecule has 4 rings (SSSR count). The van der Waals surface area contributed by atoms with Gasteiger partial charge in [0.05, 0.1) is 23.3 Å². The van der Waals surface area contributed by atoms with Gasteiger partial charge in [-0.3, -0.25) is 4.79 Å². The summed E-state index contributed by atoms with van der Waals surface area (Å²) in [5.41, 5.74) is 0.735. The van der Waals surface area contributed by atoms with Crippen LogP contribution in [0.3, 0.4) is 0 Å². The maximum absolute atomic E-state index is 13.0. The van der Waals surface area contributed by atoms with Gasteiger partial charge in [0, 0.05) is 18.7 Å². The Morgan fingerprint density at radius 1 is 0.970 bits per heavy atom. The van der Waals surface area contributed by atoms with E-state index in [9.17, 15) is 18.0 Å². The lowest BCUT2D eigenvalue weighted by molar-refractivity contribution is -0.140. The summed E-state index contributed by atoms with van der Waals surface area (Å²) in [5.74, 6) is -0.481. The first-order valence-electron chi connectivity index (χ1n) is 10.6. The van der Waals surface area contributed by atoms with Crippen LogP contribution in [0.15, 0.2) is 82.3 Å². The van der Waals surface area contributed by atoms with Gasteiger partial charge >= 0.3 is 5.97 Å². The highest BCUT2D eigenvalue weighted by molar-refractivity contribution is 7.89. The van der Waals surface area contributed by atoms with Crippen molar-refractivity contribution >= 4 is 21.9 Å². The van der Waals surface area contributed by atoms with Gasteiger partial charge in [-0.1, -0.05) is 30.3 Å². The van der Waals surface area contributed by atoms with Crippen molar-refractivity contribution in [2.45, 2.75) is 30.4 Å². The number of hydrogen-bond acceptors (Lipinski definition) is 6. The molecule has 172 valence electrons. The van der Waals surface area contributed by atoms with Crippen LogP contribution < -0.4 is 4.72 Å². The predicted octanol–water partition coefficient (Wildman–Crippen LogP) is 3.28. The number of likely N-dealkylation sites (tertiary alicyclic amines) is 1. The minimum absolute atomic E-state index is 0.00152. The molecule has 1 amide bonds. The number of amides is 1. The molecule has 8 nitrogen and oxygen atoms in total. The predicted molar refractivity (Wildman–Crippen MR) is 120 cm³/mol. The zero-order chi connectivity index (χ0) is 23.3. The third kappa shape index (κ3) is 5.50. The van der Waals surface area contributed by atoms with Gasteiger partial charge in [-0.2, -0.15) is 0 Å². The molecule has 0 radical (unpaired) electrons. The van der Waals surface area contributed by atoms with Crippen molar-refractivity contribution in [3.63, 3.8) is 0 Å². The Hall–Kier alpha value is -3.43. The molecule has 3 aromatic rings. The van der Waals surface area contributed by atoms with Crippen LogP contribution >= 0.6 is 0 Å². The van der Waals surface area contributed by atoms with Crippen LogP contribution in [0.1, 0.15) is 40.6 Å². The van der Waals surface area contributed by atoms with Crippen molar-refractivity contribution in [3.8, 4) is 0 Å². The lowest BCUT2D eigenvalue weighted by atomic mass is 10.1. The Labute approximate surface area is 192 Å². The quantitative estimate of drug-likeness (QED) is 0.509. The second-order valence-corrected chi connectivity index (χ2v) is 9.42. The molecule has 2 heterocycles. The van der Waals surface area contributed by atoms with E-state index in [-0.39, 0.29) is 22.9 Å². The van der Waals surface area contributed by atoms with Gasteiger partial charge in [-0.05, 0) is 49.2 Å². The van der Waals surface area contributed by atoms with Gasteiger partial charge in [0.1, 0.15) is 5.76 Å². The van der Waals surface area contributed by atoms with E-state index in [2.05, 4.69) is 4.72 Å². The van der Waals surface area contributed by atoms with Crippen LogP contribution in [0.25, 0.3) is 0 Å². The number of hydrogen-bond donors (Lipinski definition) is 1. The van der Waals surface area contributed by atoms with Gasteiger partial charge < -0.3 is 14.1 Å². The average molecular weight is 469 g/mol. The summed E-state index contributed by atoms with van der Waals surface area (Å²) in [6, 6.07) is 17.6. The normalized spacial score (nSPS) is 14.7. The van der Waals surface area contributed by atoms with Crippen molar-refractivity contribution in [1.82, 2.24) is 9.62 Å². The van der Waals surface area contributed by atoms with E-state index < -0.39 is 22.1 Å². The first-order chi connectivity index (χ1) is 15.9. The molecule has 2 aromatic carbocycles. The van der Waals surface area contributed by atoms with E-state index in [0.29, 0.717) is 24.4 Å². The lowest BCUT2D eigenvalue weighted by Crippen LogP contribution is -2.34. The first-order valence-corrected chi connectivity index (χ1v) is 12.1. The van der Waals surface area contributed by atoms with Crippen molar-refractivity contribution < 1.29 is 27.2 Å². The summed E-state index contributed by atoms with van der Waals surface area (Å²) < 4.78 is 38.2. The number of rotatable bonds is 8.